The van der Waals surface area contributed by atoms with E-state index < -0.39 is 0 Å². The zero-order valence-electron chi connectivity index (χ0n) is 11.5. The minimum atomic E-state index is 0.628. The van der Waals surface area contributed by atoms with Gasteiger partial charge in [-0.05, 0) is 49.2 Å². The van der Waals surface area contributed by atoms with Crippen molar-refractivity contribution in [3.63, 3.8) is 0 Å². The molecule has 2 aromatic rings. The van der Waals surface area contributed by atoms with Crippen LogP contribution in [0.4, 0.5) is 0 Å². The Morgan fingerprint density at radius 3 is 2.60 bits per heavy atom. The van der Waals surface area contributed by atoms with Crippen molar-refractivity contribution < 1.29 is 4.42 Å². The maximum absolute atomic E-state index is 5.23. The monoisotopic (exact) mass is 288 g/mol. The number of nitrogens with one attached hydrogen (secondary N) is 2. The van der Waals surface area contributed by atoms with Crippen LogP contribution in [0.1, 0.15) is 24.2 Å². The van der Waals surface area contributed by atoms with Crippen LogP contribution in [0.2, 0.25) is 0 Å². The lowest BCUT2D eigenvalue weighted by Crippen LogP contribution is -2.35. The third-order valence-electron chi connectivity index (χ3n) is 3.02. The fraction of sp³-hybridized carbons (Fsp3) is 0.312. The van der Waals surface area contributed by atoms with E-state index >= 15 is 0 Å². The van der Waals surface area contributed by atoms with Crippen LogP contribution in [-0.4, -0.2) is 11.7 Å². The molecule has 0 radical (unpaired) electrons. The molecule has 2 N–H and O–H groups in total. The highest BCUT2D eigenvalue weighted by atomic mass is 32.1. The summed E-state index contributed by atoms with van der Waals surface area (Å²) < 4.78 is 5.23. The van der Waals surface area contributed by atoms with E-state index in [-0.39, 0.29) is 0 Å². The second-order valence-electron chi connectivity index (χ2n) is 4.63. The first-order chi connectivity index (χ1) is 9.84. The van der Waals surface area contributed by atoms with Gasteiger partial charge in [0.1, 0.15) is 5.76 Å². The lowest BCUT2D eigenvalue weighted by Gasteiger charge is -2.09. The largest absolute Gasteiger partial charge is 0.467 e. The molecule has 0 saturated carbocycles. The maximum atomic E-state index is 5.23. The van der Waals surface area contributed by atoms with Gasteiger partial charge in [-0.3, -0.25) is 0 Å². The van der Waals surface area contributed by atoms with Gasteiger partial charge in [-0.25, -0.2) is 0 Å². The Hall–Kier alpha value is -1.81. The molecule has 0 aliphatic heterocycles. The van der Waals surface area contributed by atoms with E-state index in [1.807, 2.05) is 18.2 Å². The van der Waals surface area contributed by atoms with Crippen molar-refractivity contribution in [2.45, 2.75) is 25.8 Å². The average molecular weight is 288 g/mol. The Bertz CT molecular complexity index is 496. The van der Waals surface area contributed by atoms with Crippen molar-refractivity contribution in [1.82, 2.24) is 10.6 Å². The third-order valence-corrected chi connectivity index (χ3v) is 3.31. The highest BCUT2D eigenvalue weighted by Crippen LogP contribution is 2.03. The standard InChI is InChI=1S/C16H20N2OS/c20-16(18-13-15-10-6-12-19-15)17-11-5-4-9-14-7-2-1-3-8-14/h1-3,6-8,10,12H,4-5,9,11,13H2,(H2,17,18,20). The molecule has 0 saturated heterocycles. The smallest absolute Gasteiger partial charge is 0.166 e. The Kier molecular flexibility index (Phi) is 6.11. The van der Waals surface area contributed by atoms with Crippen molar-refractivity contribution in [2.24, 2.45) is 0 Å². The number of hydrogen-bond acceptors (Lipinski definition) is 2. The molecule has 0 spiro atoms. The van der Waals surface area contributed by atoms with Gasteiger partial charge in [0.2, 0.25) is 0 Å². The van der Waals surface area contributed by atoms with Gasteiger partial charge in [0.25, 0.3) is 0 Å². The topological polar surface area (TPSA) is 37.2 Å². The molecule has 0 unspecified atom stereocenters. The van der Waals surface area contributed by atoms with Gasteiger partial charge in [0, 0.05) is 6.54 Å². The first kappa shape index (κ1) is 14.6. The number of thiocarbonyl (C=S) groups is 1. The van der Waals surface area contributed by atoms with Gasteiger partial charge >= 0.3 is 0 Å². The SMILES string of the molecule is S=C(NCCCCc1ccccc1)NCc1ccco1. The van der Waals surface area contributed by atoms with Crippen LogP contribution in [0.15, 0.2) is 53.1 Å². The second kappa shape index (κ2) is 8.38. The van der Waals surface area contributed by atoms with Gasteiger partial charge in [-0.1, -0.05) is 30.3 Å². The molecule has 0 bridgehead atoms. The summed E-state index contributed by atoms with van der Waals surface area (Å²) >= 11 is 5.21. The van der Waals surface area contributed by atoms with Gasteiger partial charge < -0.3 is 15.1 Å². The van der Waals surface area contributed by atoms with Crippen molar-refractivity contribution >= 4 is 17.3 Å². The van der Waals surface area contributed by atoms with Crippen LogP contribution in [0, 0.1) is 0 Å². The molecule has 2 rings (SSSR count). The number of hydrogen-bond donors (Lipinski definition) is 2. The van der Waals surface area contributed by atoms with E-state index in [9.17, 15) is 0 Å². The summed E-state index contributed by atoms with van der Waals surface area (Å²) in [4.78, 5) is 0. The second-order valence-corrected chi connectivity index (χ2v) is 5.04. The van der Waals surface area contributed by atoms with E-state index in [1.54, 1.807) is 6.26 Å². The van der Waals surface area contributed by atoms with Crippen LogP contribution >= 0.6 is 12.2 Å². The van der Waals surface area contributed by atoms with Crippen molar-refractivity contribution in [1.29, 1.82) is 0 Å². The average Bonchev–Trinajstić information content (AvgIpc) is 2.99. The molecule has 0 atom stereocenters. The molecule has 3 nitrogen and oxygen atoms in total. The number of aryl methyl sites for hydroxylation is 1. The van der Waals surface area contributed by atoms with Gasteiger partial charge in [0.15, 0.2) is 5.11 Å². The molecule has 1 aromatic heterocycles. The van der Waals surface area contributed by atoms with Crippen molar-refractivity contribution in [2.75, 3.05) is 6.54 Å². The Labute approximate surface area is 125 Å². The van der Waals surface area contributed by atoms with Crippen molar-refractivity contribution in [3.8, 4) is 0 Å². The van der Waals surface area contributed by atoms with E-state index in [0.29, 0.717) is 11.7 Å². The van der Waals surface area contributed by atoms with E-state index in [2.05, 4.69) is 34.9 Å². The molecular formula is C16H20N2OS. The maximum Gasteiger partial charge on any atom is 0.166 e. The Morgan fingerprint density at radius 2 is 1.85 bits per heavy atom. The lowest BCUT2D eigenvalue weighted by molar-refractivity contribution is 0.502. The van der Waals surface area contributed by atoms with E-state index in [0.717, 1.165) is 31.6 Å². The minimum Gasteiger partial charge on any atom is -0.467 e. The molecule has 0 amide bonds. The normalized spacial score (nSPS) is 10.2. The summed E-state index contributed by atoms with van der Waals surface area (Å²) in [5.74, 6) is 0.887. The molecular weight excluding hydrogens is 268 g/mol. The zero-order valence-corrected chi connectivity index (χ0v) is 12.3. The summed E-state index contributed by atoms with van der Waals surface area (Å²) in [6, 6.07) is 14.4. The quantitative estimate of drug-likeness (QED) is 0.606. The Morgan fingerprint density at radius 1 is 1.00 bits per heavy atom. The van der Waals surface area contributed by atoms with Crippen LogP contribution in [0.3, 0.4) is 0 Å². The molecule has 0 fully saturated rings. The molecule has 1 heterocycles. The third kappa shape index (κ3) is 5.45. The highest BCUT2D eigenvalue weighted by molar-refractivity contribution is 7.80. The van der Waals surface area contributed by atoms with Gasteiger partial charge in [-0.2, -0.15) is 0 Å². The predicted octanol–water partition coefficient (Wildman–Crippen LogP) is 3.27. The summed E-state index contributed by atoms with van der Waals surface area (Å²) in [5.41, 5.74) is 1.39. The summed E-state index contributed by atoms with van der Waals surface area (Å²) in [6.45, 7) is 1.53. The van der Waals surface area contributed by atoms with Crippen LogP contribution < -0.4 is 10.6 Å². The van der Waals surface area contributed by atoms with E-state index in [4.69, 9.17) is 16.6 Å². The summed E-state index contributed by atoms with van der Waals surface area (Å²) in [7, 11) is 0. The first-order valence-electron chi connectivity index (χ1n) is 6.92. The summed E-state index contributed by atoms with van der Waals surface area (Å²) in [6.07, 6.45) is 5.06. The number of furan rings is 1. The predicted molar refractivity (Wildman–Crippen MR) is 85.5 cm³/mol. The number of benzene rings is 1. The number of unbranched alkanes of at least 4 members (excludes halogenated alkanes) is 1. The van der Waals surface area contributed by atoms with Crippen molar-refractivity contribution in [3.05, 3.63) is 60.1 Å². The fourth-order valence-corrected chi connectivity index (χ4v) is 2.12. The van der Waals surface area contributed by atoms with Crippen LogP contribution in [0.25, 0.3) is 0 Å². The lowest BCUT2D eigenvalue weighted by atomic mass is 10.1. The van der Waals surface area contributed by atoms with Gasteiger partial charge in [0.05, 0.1) is 12.8 Å². The molecule has 20 heavy (non-hydrogen) atoms. The van der Waals surface area contributed by atoms with Crippen LogP contribution in [-0.2, 0) is 13.0 Å². The molecule has 0 aliphatic carbocycles. The molecule has 0 aliphatic rings. The first-order valence-corrected chi connectivity index (χ1v) is 7.33. The minimum absolute atomic E-state index is 0.628. The molecule has 1 aromatic carbocycles. The highest BCUT2D eigenvalue weighted by Gasteiger charge is 1.98. The van der Waals surface area contributed by atoms with Crippen LogP contribution in [0.5, 0.6) is 0 Å². The summed E-state index contributed by atoms with van der Waals surface area (Å²) in [5, 5.41) is 7.01. The fourth-order valence-electron chi connectivity index (χ4n) is 1.94. The Balaban J connectivity index is 1.51. The van der Waals surface area contributed by atoms with Gasteiger partial charge in [-0.15, -0.1) is 0 Å². The zero-order chi connectivity index (χ0) is 14.0. The molecule has 4 heteroatoms. The number of rotatable bonds is 7. The van der Waals surface area contributed by atoms with E-state index in [1.165, 1.54) is 5.56 Å². The molecule has 106 valence electrons.